The summed E-state index contributed by atoms with van der Waals surface area (Å²) >= 11 is 0. The SMILES string of the molecule is CCS(=O)(=O)N1CCC(NC(=O)C=C(C)c2ccccc2)CC1. The van der Waals surface area contributed by atoms with Crippen LogP contribution in [0.2, 0.25) is 0 Å². The van der Waals surface area contributed by atoms with Crippen LogP contribution in [0.5, 0.6) is 0 Å². The molecule has 1 aromatic carbocycles. The first-order valence-corrected chi connectivity index (χ1v) is 9.55. The molecular formula is C17H24N2O3S. The molecule has 1 aliphatic heterocycles. The van der Waals surface area contributed by atoms with Crippen LogP contribution in [-0.2, 0) is 14.8 Å². The summed E-state index contributed by atoms with van der Waals surface area (Å²) in [5.41, 5.74) is 1.93. The molecule has 1 aromatic rings. The number of allylic oxidation sites excluding steroid dienone is 1. The van der Waals surface area contributed by atoms with E-state index in [-0.39, 0.29) is 17.7 Å². The number of nitrogens with zero attached hydrogens (tertiary/aromatic N) is 1. The molecule has 1 heterocycles. The number of nitrogens with one attached hydrogen (secondary N) is 1. The summed E-state index contributed by atoms with van der Waals surface area (Å²) in [5, 5.41) is 2.97. The largest absolute Gasteiger partial charge is 0.350 e. The second kappa shape index (κ2) is 7.75. The fraction of sp³-hybridized carbons (Fsp3) is 0.471. The Balaban J connectivity index is 1.88. The second-order valence-electron chi connectivity index (χ2n) is 5.78. The molecule has 0 aliphatic carbocycles. The zero-order valence-electron chi connectivity index (χ0n) is 13.7. The molecule has 0 aromatic heterocycles. The van der Waals surface area contributed by atoms with Crippen molar-refractivity contribution >= 4 is 21.5 Å². The maximum absolute atomic E-state index is 12.1. The van der Waals surface area contributed by atoms with E-state index in [4.69, 9.17) is 0 Å². The normalized spacial score (nSPS) is 17.9. The third-order valence-corrected chi connectivity index (χ3v) is 6.02. The third-order valence-electron chi connectivity index (χ3n) is 4.14. The van der Waals surface area contributed by atoms with Crippen molar-refractivity contribution in [3.05, 3.63) is 42.0 Å². The fourth-order valence-corrected chi connectivity index (χ4v) is 3.82. The van der Waals surface area contributed by atoms with Crippen molar-refractivity contribution in [2.45, 2.75) is 32.7 Å². The van der Waals surface area contributed by atoms with Gasteiger partial charge in [-0.15, -0.1) is 0 Å². The first-order chi connectivity index (χ1) is 10.9. The Morgan fingerprint density at radius 2 is 1.87 bits per heavy atom. The maximum Gasteiger partial charge on any atom is 0.244 e. The van der Waals surface area contributed by atoms with Gasteiger partial charge in [0.05, 0.1) is 5.75 Å². The Kier molecular flexibility index (Phi) is 5.96. The Bertz CT molecular complexity index is 660. The quantitative estimate of drug-likeness (QED) is 0.837. The number of hydrogen-bond donors (Lipinski definition) is 1. The van der Waals surface area contributed by atoms with Crippen LogP contribution in [0, 0.1) is 0 Å². The lowest BCUT2D eigenvalue weighted by Gasteiger charge is -2.31. The molecule has 23 heavy (non-hydrogen) atoms. The molecule has 1 amide bonds. The van der Waals surface area contributed by atoms with Crippen LogP contribution in [0.1, 0.15) is 32.3 Å². The molecule has 1 N–H and O–H groups in total. The molecule has 2 rings (SSSR count). The van der Waals surface area contributed by atoms with Gasteiger partial charge in [0, 0.05) is 25.2 Å². The van der Waals surface area contributed by atoms with E-state index in [2.05, 4.69) is 5.32 Å². The highest BCUT2D eigenvalue weighted by Crippen LogP contribution is 2.15. The predicted molar refractivity (Wildman–Crippen MR) is 92.3 cm³/mol. The van der Waals surface area contributed by atoms with Crippen molar-refractivity contribution < 1.29 is 13.2 Å². The number of piperidine rings is 1. The lowest BCUT2D eigenvalue weighted by atomic mass is 10.1. The molecule has 126 valence electrons. The van der Waals surface area contributed by atoms with Gasteiger partial charge in [-0.2, -0.15) is 0 Å². The molecule has 0 radical (unpaired) electrons. The van der Waals surface area contributed by atoms with Crippen LogP contribution < -0.4 is 5.32 Å². The Morgan fingerprint density at radius 1 is 1.26 bits per heavy atom. The fourth-order valence-electron chi connectivity index (χ4n) is 2.68. The number of amides is 1. The first-order valence-electron chi connectivity index (χ1n) is 7.94. The summed E-state index contributed by atoms with van der Waals surface area (Å²) < 4.78 is 25.1. The predicted octanol–water partition coefficient (Wildman–Crippen LogP) is 2.02. The average molecular weight is 336 g/mol. The topological polar surface area (TPSA) is 66.5 Å². The van der Waals surface area contributed by atoms with Gasteiger partial charge in [0.2, 0.25) is 15.9 Å². The van der Waals surface area contributed by atoms with Crippen LogP contribution in [-0.4, -0.2) is 43.5 Å². The average Bonchev–Trinajstić information content (AvgIpc) is 2.56. The Hall–Kier alpha value is -1.66. The van der Waals surface area contributed by atoms with Gasteiger partial charge in [-0.05, 0) is 37.8 Å². The standard InChI is InChI=1S/C17H24N2O3S/c1-3-23(21,22)19-11-9-16(10-12-19)18-17(20)13-14(2)15-7-5-4-6-8-15/h4-8,13,16H,3,9-12H2,1-2H3,(H,18,20). The molecule has 0 unspecified atom stereocenters. The molecule has 1 aliphatic rings. The lowest BCUT2D eigenvalue weighted by molar-refractivity contribution is -0.117. The van der Waals surface area contributed by atoms with E-state index in [1.807, 2.05) is 37.3 Å². The minimum absolute atomic E-state index is 0.0330. The molecule has 0 bridgehead atoms. The summed E-state index contributed by atoms with van der Waals surface area (Å²) in [5.74, 6) is 0.00593. The van der Waals surface area contributed by atoms with E-state index in [9.17, 15) is 13.2 Å². The minimum atomic E-state index is -3.12. The molecule has 1 fully saturated rings. The van der Waals surface area contributed by atoms with Crippen molar-refractivity contribution in [1.29, 1.82) is 0 Å². The van der Waals surface area contributed by atoms with Crippen molar-refractivity contribution in [2.75, 3.05) is 18.8 Å². The van der Waals surface area contributed by atoms with Gasteiger partial charge in [0.1, 0.15) is 0 Å². The molecule has 0 saturated carbocycles. The molecule has 1 saturated heterocycles. The van der Waals surface area contributed by atoms with Crippen LogP contribution in [0.25, 0.3) is 5.57 Å². The van der Waals surface area contributed by atoms with Crippen molar-refractivity contribution in [2.24, 2.45) is 0 Å². The van der Waals surface area contributed by atoms with Gasteiger partial charge in [-0.25, -0.2) is 12.7 Å². The van der Waals surface area contributed by atoms with E-state index in [0.29, 0.717) is 25.9 Å². The Labute approximate surface area is 138 Å². The molecule has 0 spiro atoms. The number of carbonyl (C=O) groups excluding carboxylic acids is 1. The summed E-state index contributed by atoms with van der Waals surface area (Å²) in [6.45, 7) is 4.51. The summed E-state index contributed by atoms with van der Waals surface area (Å²) in [6.07, 6.45) is 2.91. The van der Waals surface area contributed by atoms with Crippen molar-refractivity contribution in [3.63, 3.8) is 0 Å². The van der Waals surface area contributed by atoms with Gasteiger partial charge in [-0.1, -0.05) is 30.3 Å². The summed E-state index contributed by atoms with van der Waals surface area (Å²) in [7, 11) is -3.12. The Morgan fingerprint density at radius 3 is 2.43 bits per heavy atom. The number of sulfonamides is 1. The van der Waals surface area contributed by atoms with Crippen molar-refractivity contribution in [3.8, 4) is 0 Å². The highest BCUT2D eigenvalue weighted by atomic mass is 32.2. The number of benzene rings is 1. The highest BCUT2D eigenvalue weighted by Gasteiger charge is 2.27. The summed E-state index contributed by atoms with van der Waals surface area (Å²) in [6, 6.07) is 9.78. The molecular weight excluding hydrogens is 312 g/mol. The van der Waals surface area contributed by atoms with Gasteiger partial charge >= 0.3 is 0 Å². The van der Waals surface area contributed by atoms with Gasteiger partial charge in [-0.3, -0.25) is 4.79 Å². The lowest BCUT2D eigenvalue weighted by Crippen LogP contribution is -2.46. The zero-order chi connectivity index (χ0) is 16.9. The number of hydrogen-bond acceptors (Lipinski definition) is 3. The minimum Gasteiger partial charge on any atom is -0.350 e. The van der Waals surface area contributed by atoms with Crippen LogP contribution in [0.15, 0.2) is 36.4 Å². The van der Waals surface area contributed by atoms with Crippen LogP contribution >= 0.6 is 0 Å². The smallest absolute Gasteiger partial charge is 0.244 e. The van der Waals surface area contributed by atoms with Crippen LogP contribution in [0.4, 0.5) is 0 Å². The maximum atomic E-state index is 12.1. The first kappa shape index (κ1) is 17.7. The van der Waals surface area contributed by atoms with Gasteiger partial charge < -0.3 is 5.32 Å². The van der Waals surface area contributed by atoms with E-state index in [1.165, 1.54) is 4.31 Å². The molecule has 0 atom stereocenters. The van der Waals surface area contributed by atoms with Gasteiger partial charge in [0.25, 0.3) is 0 Å². The van der Waals surface area contributed by atoms with E-state index < -0.39 is 10.0 Å². The summed E-state index contributed by atoms with van der Waals surface area (Å²) in [4.78, 5) is 12.1. The highest BCUT2D eigenvalue weighted by molar-refractivity contribution is 7.89. The molecule has 6 heteroatoms. The second-order valence-corrected chi connectivity index (χ2v) is 8.03. The third kappa shape index (κ3) is 4.91. The molecule has 5 nitrogen and oxygen atoms in total. The van der Waals surface area contributed by atoms with E-state index in [0.717, 1.165) is 11.1 Å². The monoisotopic (exact) mass is 336 g/mol. The zero-order valence-corrected chi connectivity index (χ0v) is 14.5. The van der Waals surface area contributed by atoms with Crippen LogP contribution in [0.3, 0.4) is 0 Å². The van der Waals surface area contributed by atoms with E-state index >= 15 is 0 Å². The van der Waals surface area contributed by atoms with Gasteiger partial charge in [0.15, 0.2) is 0 Å². The number of rotatable bonds is 5. The van der Waals surface area contributed by atoms with E-state index in [1.54, 1.807) is 13.0 Å². The van der Waals surface area contributed by atoms with Crippen molar-refractivity contribution in [1.82, 2.24) is 9.62 Å². The number of carbonyl (C=O) groups is 1.